The number of hydrogen-bond acceptors (Lipinski definition) is 2. The molecule has 0 spiro atoms. The van der Waals surface area contributed by atoms with Crippen LogP contribution in [0.5, 0.6) is 0 Å². The van der Waals surface area contributed by atoms with E-state index in [0.717, 1.165) is 18.1 Å². The largest absolute Gasteiger partial charge is 0.296 e. The molecule has 2 saturated heterocycles. The Balaban J connectivity index is 1.84. The molecule has 2 heterocycles. The summed E-state index contributed by atoms with van der Waals surface area (Å²) in [6, 6.07) is 2.59. The molecule has 0 aromatic heterocycles. The van der Waals surface area contributed by atoms with Gasteiger partial charge in [0, 0.05) is 31.2 Å². The molecule has 1 unspecified atom stereocenters. The molecule has 2 heteroatoms. The van der Waals surface area contributed by atoms with Crippen LogP contribution in [0.1, 0.15) is 20.8 Å². The van der Waals surface area contributed by atoms with Crippen LogP contribution >= 0.6 is 0 Å². The van der Waals surface area contributed by atoms with Crippen LogP contribution in [-0.4, -0.2) is 47.6 Å². The molecule has 0 aromatic carbocycles. The molecule has 0 saturated carbocycles. The van der Waals surface area contributed by atoms with Crippen LogP contribution in [0.2, 0.25) is 0 Å². The fourth-order valence-corrected chi connectivity index (χ4v) is 2.34. The molecule has 11 heavy (non-hydrogen) atoms. The van der Waals surface area contributed by atoms with Gasteiger partial charge in [0.25, 0.3) is 0 Å². The first-order chi connectivity index (χ1) is 5.24. The summed E-state index contributed by atoms with van der Waals surface area (Å²) in [5, 5.41) is 0. The van der Waals surface area contributed by atoms with Gasteiger partial charge in [-0.05, 0) is 20.4 Å². The van der Waals surface area contributed by atoms with E-state index in [1.165, 1.54) is 19.6 Å². The molecule has 2 rings (SSSR count). The lowest BCUT2D eigenvalue weighted by atomic mass is 9.84. The first-order valence-electron chi connectivity index (χ1n) is 4.73. The molecular formula is C9H18N2. The van der Waals surface area contributed by atoms with Crippen molar-refractivity contribution >= 4 is 0 Å². The molecule has 0 aromatic rings. The van der Waals surface area contributed by atoms with E-state index in [0.29, 0.717) is 0 Å². The molecule has 2 aliphatic rings. The second-order valence-electron chi connectivity index (χ2n) is 4.01. The van der Waals surface area contributed by atoms with Crippen LogP contribution in [0.3, 0.4) is 0 Å². The molecule has 2 nitrogen and oxygen atoms in total. The summed E-state index contributed by atoms with van der Waals surface area (Å²) in [6.07, 6.45) is 0. The van der Waals surface area contributed by atoms with Crippen LogP contribution in [0.4, 0.5) is 0 Å². The summed E-state index contributed by atoms with van der Waals surface area (Å²) in [6.45, 7) is 10.7. The van der Waals surface area contributed by atoms with E-state index < -0.39 is 0 Å². The lowest BCUT2D eigenvalue weighted by molar-refractivity contribution is -0.135. The van der Waals surface area contributed by atoms with E-state index in [1.54, 1.807) is 0 Å². The van der Waals surface area contributed by atoms with Gasteiger partial charge in [-0.15, -0.1) is 0 Å². The summed E-state index contributed by atoms with van der Waals surface area (Å²) in [5.41, 5.74) is 0. The number of likely N-dealkylation sites (N-methyl/N-ethyl adjacent to an activating group) is 1. The summed E-state index contributed by atoms with van der Waals surface area (Å²) < 4.78 is 0. The lowest BCUT2D eigenvalue weighted by Gasteiger charge is -2.63. The average molecular weight is 154 g/mol. The Morgan fingerprint density at radius 1 is 1.27 bits per heavy atom. The van der Waals surface area contributed by atoms with E-state index in [4.69, 9.17) is 0 Å². The molecule has 64 valence electrons. The second kappa shape index (κ2) is 2.46. The molecule has 0 radical (unpaired) electrons. The summed E-state index contributed by atoms with van der Waals surface area (Å²) in [7, 11) is 0. The van der Waals surface area contributed by atoms with Gasteiger partial charge in [-0.1, -0.05) is 6.92 Å². The summed E-state index contributed by atoms with van der Waals surface area (Å²) >= 11 is 0. The zero-order chi connectivity index (χ0) is 8.01. The topological polar surface area (TPSA) is 6.48 Å². The van der Waals surface area contributed by atoms with Crippen LogP contribution in [0, 0.1) is 0 Å². The Bertz CT molecular complexity index is 156. The molecule has 0 aliphatic carbocycles. The zero-order valence-electron chi connectivity index (χ0n) is 7.75. The second-order valence-corrected chi connectivity index (χ2v) is 4.01. The van der Waals surface area contributed by atoms with Gasteiger partial charge in [-0.3, -0.25) is 9.80 Å². The Morgan fingerprint density at radius 3 is 2.36 bits per heavy atom. The fourth-order valence-electron chi connectivity index (χ4n) is 2.34. The van der Waals surface area contributed by atoms with Crippen molar-refractivity contribution < 1.29 is 0 Å². The van der Waals surface area contributed by atoms with Crippen LogP contribution in [0.25, 0.3) is 0 Å². The standard InChI is InChI=1S/C9H18N2/c1-4-10-5-9-8(10)6-11(9)7(2)3/h7-9H,4-6H2,1-3H3/t8-,9?/m0/s1. The van der Waals surface area contributed by atoms with Crippen molar-refractivity contribution in [1.29, 1.82) is 0 Å². The van der Waals surface area contributed by atoms with Crippen molar-refractivity contribution in [3.63, 3.8) is 0 Å². The number of fused-ring (bicyclic) bond motifs is 1. The van der Waals surface area contributed by atoms with Gasteiger partial charge in [0.05, 0.1) is 0 Å². The first kappa shape index (κ1) is 7.56. The Labute approximate surface area is 69.2 Å². The van der Waals surface area contributed by atoms with Crippen molar-refractivity contribution in [3.8, 4) is 0 Å². The number of likely N-dealkylation sites (tertiary alicyclic amines) is 2. The van der Waals surface area contributed by atoms with E-state index in [9.17, 15) is 0 Å². The lowest BCUT2D eigenvalue weighted by Crippen LogP contribution is -2.79. The maximum absolute atomic E-state index is 2.61. The molecule has 2 fully saturated rings. The first-order valence-corrected chi connectivity index (χ1v) is 4.73. The molecule has 0 amide bonds. The molecule has 0 bridgehead atoms. The van der Waals surface area contributed by atoms with E-state index in [-0.39, 0.29) is 0 Å². The van der Waals surface area contributed by atoms with Crippen LogP contribution in [-0.2, 0) is 0 Å². The van der Waals surface area contributed by atoms with E-state index in [1.807, 2.05) is 0 Å². The minimum absolute atomic E-state index is 0.759. The minimum Gasteiger partial charge on any atom is -0.296 e. The van der Waals surface area contributed by atoms with Crippen molar-refractivity contribution in [3.05, 3.63) is 0 Å². The third kappa shape index (κ3) is 0.926. The number of rotatable bonds is 2. The normalized spacial score (nSPS) is 38.2. The Morgan fingerprint density at radius 2 is 2.00 bits per heavy atom. The van der Waals surface area contributed by atoms with Crippen molar-refractivity contribution in [2.24, 2.45) is 0 Å². The van der Waals surface area contributed by atoms with Crippen molar-refractivity contribution in [1.82, 2.24) is 9.80 Å². The van der Waals surface area contributed by atoms with Crippen molar-refractivity contribution in [2.75, 3.05) is 19.6 Å². The quantitative estimate of drug-likeness (QED) is 0.580. The average Bonchev–Trinajstić information content (AvgIpc) is 1.93. The van der Waals surface area contributed by atoms with Crippen LogP contribution < -0.4 is 0 Å². The maximum atomic E-state index is 2.61. The predicted molar refractivity (Wildman–Crippen MR) is 46.7 cm³/mol. The number of hydrogen-bond donors (Lipinski definition) is 0. The van der Waals surface area contributed by atoms with E-state index in [2.05, 4.69) is 30.6 Å². The van der Waals surface area contributed by atoms with Gasteiger partial charge in [0.1, 0.15) is 0 Å². The van der Waals surface area contributed by atoms with Gasteiger partial charge in [-0.25, -0.2) is 0 Å². The smallest absolute Gasteiger partial charge is 0.0394 e. The molecular weight excluding hydrogens is 136 g/mol. The number of nitrogens with zero attached hydrogens (tertiary/aromatic N) is 2. The highest BCUT2D eigenvalue weighted by Crippen LogP contribution is 2.34. The third-order valence-corrected chi connectivity index (χ3v) is 3.23. The molecule has 2 aliphatic heterocycles. The van der Waals surface area contributed by atoms with Gasteiger partial charge in [0.2, 0.25) is 0 Å². The summed E-state index contributed by atoms with van der Waals surface area (Å²) in [5.74, 6) is 0. The Hall–Kier alpha value is -0.0800. The van der Waals surface area contributed by atoms with Crippen molar-refractivity contribution in [2.45, 2.75) is 38.9 Å². The fraction of sp³-hybridized carbons (Fsp3) is 1.00. The summed E-state index contributed by atoms with van der Waals surface area (Å²) in [4.78, 5) is 5.18. The highest BCUT2D eigenvalue weighted by molar-refractivity contribution is 5.08. The van der Waals surface area contributed by atoms with Gasteiger partial charge in [0.15, 0.2) is 0 Å². The molecule has 2 atom stereocenters. The van der Waals surface area contributed by atoms with E-state index >= 15 is 0 Å². The monoisotopic (exact) mass is 154 g/mol. The predicted octanol–water partition coefficient (Wildman–Crippen LogP) is 0.783. The minimum atomic E-state index is 0.759. The zero-order valence-corrected chi connectivity index (χ0v) is 7.75. The third-order valence-electron chi connectivity index (χ3n) is 3.23. The highest BCUT2D eigenvalue weighted by atomic mass is 15.4. The number of piperazine rings is 1. The van der Waals surface area contributed by atoms with Gasteiger partial charge < -0.3 is 0 Å². The maximum Gasteiger partial charge on any atom is 0.0394 e. The van der Waals surface area contributed by atoms with Gasteiger partial charge >= 0.3 is 0 Å². The van der Waals surface area contributed by atoms with Crippen LogP contribution in [0.15, 0.2) is 0 Å². The van der Waals surface area contributed by atoms with Gasteiger partial charge in [-0.2, -0.15) is 0 Å². The highest BCUT2D eigenvalue weighted by Gasteiger charge is 2.50. The Kier molecular flexibility index (Phi) is 1.69. The SMILES string of the molecule is CCN1CC2[C@@H]1CN2C(C)C. The molecule has 0 N–H and O–H groups in total.